The van der Waals surface area contributed by atoms with Gasteiger partial charge < -0.3 is 34.4 Å². The molecule has 0 aromatic heterocycles. The highest BCUT2D eigenvalue weighted by Gasteiger charge is 2.73. The second-order valence-corrected chi connectivity index (χ2v) is 12.6. The van der Waals surface area contributed by atoms with E-state index in [1.165, 1.54) is 16.9 Å². The van der Waals surface area contributed by atoms with E-state index in [0.717, 1.165) is 5.56 Å². The van der Waals surface area contributed by atoms with Gasteiger partial charge in [0.25, 0.3) is 5.91 Å². The van der Waals surface area contributed by atoms with E-state index in [-0.39, 0.29) is 32.0 Å². The number of likely N-dealkylation sites (tertiary alicyclic amines) is 1. The molecular weight excluding hydrogens is 626 g/mol. The van der Waals surface area contributed by atoms with E-state index in [1.807, 2.05) is 25.1 Å². The summed E-state index contributed by atoms with van der Waals surface area (Å²) in [7, 11) is 1.50. The Morgan fingerprint density at radius 1 is 1.06 bits per heavy atom. The smallest absolute Gasteiger partial charge is 0.313 e. The van der Waals surface area contributed by atoms with Crippen molar-refractivity contribution in [1.29, 1.82) is 0 Å². The van der Waals surface area contributed by atoms with Gasteiger partial charge in [0.15, 0.2) is 0 Å². The molecule has 248 valence electrons. The Bertz CT molecular complexity index is 1580. The Labute approximate surface area is 278 Å². The van der Waals surface area contributed by atoms with Crippen LogP contribution in [0.1, 0.15) is 30.1 Å². The van der Waals surface area contributed by atoms with Crippen LogP contribution < -0.4 is 10.2 Å². The lowest BCUT2D eigenvalue weighted by molar-refractivity contribution is -0.162. The van der Waals surface area contributed by atoms with E-state index in [1.54, 1.807) is 54.6 Å². The van der Waals surface area contributed by atoms with Crippen molar-refractivity contribution < 1.29 is 38.5 Å². The van der Waals surface area contributed by atoms with Gasteiger partial charge >= 0.3 is 5.97 Å². The molecule has 0 saturated carbocycles. The third-order valence-electron chi connectivity index (χ3n) is 9.37. The highest BCUT2D eigenvalue weighted by molar-refractivity contribution is 6.34. The minimum Gasteiger partial charge on any atom is -0.455 e. The van der Waals surface area contributed by atoms with Crippen LogP contribution in [0.4, 0.5) is 5.69 Å². The molecule has 0 unspecified atom stereocenters. The molecule has 0 radical (unpaired) electrons. The number of fused-ring (bicyclic) bond motifs is 2. The molecule has 7 atom stereocenters. The molecule has 3 amide bonds. The van der Waals surface area contributed by atoms with Crippen molar-refractivity contribution in [3.8, 4) is 0 Å². The zero-order chi connectivity index (χ0) is 33.3. The van der Waals surface area contributed by atoms with Crippen molar-refractivity contribution in [3.05, 3.63) is 89.0 Å². The molecule has 4 aliphatic heterocycles. The first-order valence-corrected chi connectivity index (χ1v) is 16.1. The van der Waals surface area contributed by atoms with Gasteiger partial charge in [0, 0.05) is 26.6 Å². The van der Waals surface area contributed by atoms with E-state index in [9.17, 15) is 24.3 Å². The number of anilines is 1. The van der Waals surface area contributed by atoms with E-state index in [2.05, 4.69) is 5.32 Å². The van der Waals surface area contributed by atoms with E-state index < -0.39 is 66.1 Å². The van der Waals surface area contributed by atoms with Gasteiger partial charge in [-0.25, -0.2) is 0 Å². The van der Waals surface area contributed by atoms with Crippen molar-refractivity contribution in [2.45, 2.75) is 49.7 Å². The van der Waals surface area contributed by atoms with Gasteiger partial charge in [0.05, 0.1) is 42.0 Å². The van der Waals surface area contributed by atoms with Crippen molar-refractivity contribution in [1.82, 2.24) is 10.2 Å². The van der Waals surface area contributed by atoms with Gasteiger partial charge in [-0.3, -0.25) is 19.2 Å². The van der Waals surface area contributed by atoms with Gasteiger partial charge in [-0.1, -0.05) is 78.4 Å². The number of β-amino-alcohol motifs (C(OH)–C–C–N with tert-alkyl or cyclic N) is 1. The van der Waals surface area contributed by atoms with Crippen molar-refractivity contribution in [2.75, 3.05) is 38.3 Å². The molecule has 5 bridgehead atoms. The Hall–Kier alpha value is -4.03. The second kappa shape index (κ2) is 13.6. The number of aliphatic hydroxyl groups excluding tert-OH is 1. The third kappa shape index (κ3) is 5.86. The van der Waals surface area contributed by atoms with E-state index >= 15 is 0 Å². The summed E-state index contributed by atoms with van der Waals surface area (Å²) in [5.41, 5.74) is 0.358. The highest BCUT2D eigenvalue weighted by Crippen LogP contribution is 2.56. The molecule has 2 N–H and O–H groups in total. The predicted molar refractivity (Wildman–Crippen MR) is 172 cm³/mol. The molecule has 47 heavy (non-hydrogen) atoms. The number of hydrogen-bond donors (Lipinski definition) is 2. The standard InChI is InChI=1S/C35H38ClN3O8/c1-21-10-9-13-23(36)29(21)38-17-8-4-7-14-26(41)37-24(20-45-2)30(22-11-5-3-6-12-22)46-34(44)27-25-15-16-35(47-25)28(27)32(42)39(18-19-40)31(35)33(38)43/h3-6,8-13,15-16,24-25,27-28,30-31,40H,7,14,17-20H2,1-2H3,(H,37,41)/b8-4-/t24-,25+,27-,28-,30-,31+,35-/m0/s1. The van der Waals surface area contributed by atoms with Crippen molar-refractivity contribution >= 4 is 41.0 Å². The van der Waals surface area contributed by atoms with Crippen LogP contribution in [-0.2, 0) is 33.4 Å². The minimum absolute atomic E-state index is 0.0538. The normalized spacial score (nSPS) is 31.6. The monoisotopic (exact) mass is 663 g/mol. The fourth-order valence-corrected chi connectivity index (χ4v) is 7.70. The molecule has 6 rings (SSSR count). The zero-order valence-electron chi connectivity index (χ0n) is 26.2. The topological polar surface area (TPSA) is 135 Å². The number of halogens is 1. The molecule has 2 fully saturated rings. The maximum Gasteiger partial charge on any atom is 0.313 e. The fourth-order valence-electron chi connectivity index (χ4n) is 7.37. The number of esters is 1. The number of ether oxygens (including phenoxy) is 3. The molecule has 1 spiro atoms. The Kier molecular flexibility index (Phi) is 9.52. The summed E-state index contributed by atoms with van der Waals surface area (Å²) >= 11 is 6.68. The molecular formula is C35H38ClN3O8. The van der Waals surface area contributed by atoms with Crippen LogP contribution in [0.5, 0.6) is 0 Å². The Morgan fingerprint density at radius 3 is 2.57 bits per heavy atom. The summed E-state index contributed by atoms with van der Waals surface area (Å²) in [6, 6.07) is 12.4. The number of aryl methyl sites for hydroxylation is 1. The maximum absolute atomic E-state index is 14.8. The largest absolute Gasteiger partial charge is 0.455 e. The zero-order valence-corrected chi connectivity index (χ0v) is 27.0. The molecule has 2 saturated heterocycles. The summed E-state index contributed by atoms with van der Waals surface area (Å²) in [6.45, 7) is 1.43. The second-order valence-electron chi connectivity index (χ2n) is 12.2. The van der Waals surface area contributed by atoms with Gasteiger partial charge in [-0.15, -0.1) is 0 Å². The lowest BCUT2D eigenvalue weighted by Crippen LogP contribution is -2.56. The van der Waals surface area contributed by atoms with Crippen LogP contribution in [0.3, 0.4) is 0 Å². The average Bonchev–Trinajstić information content (AvgIpc) is 3.69. The predicted octanol–water partition coefficient (Wildman–Crippen LogP) is 2.89. The van der Waals surface area contributed by atoms with Gasteiger partial charge in [-0.05, 0) is 30.5 Å². The van der Waals surface area contributed by atoms with Gasteiger partial charge in [0.2, 0.25) is 11.8 Å². The van der Waals surface area contributed by atoms with Crippen LogP contribution in [0, 0.1) is 18.8 Å². The molecule has 4 aliphatic rings. The number of nitrogens with one attached hydrogen (secondary N) is 1. The van der Waals surface area contributed by atoms with Crippen LogP contribution in [0.2, 0.25) is 5.02 Å². The number of aliphatic hydroxyl groups is 1. The van der Waals surface area contributed by atoms with Crippen LogP contribution in [0.25, 0.3) is 0 Å². The first-order chi connectivity index (χ1) is 22.7. The number of para-hydroxylation sites is 1. The third-order valence-corrected chi connectivity index (χ3v) is 9.67. The van der Waals surface area contributed by atoms with E-state index in [0.29, 0.717) is 22.7 Å². The molecule has 2 aromatic rings. The molecule has 2 aromatic carbocycles. The van der Waals surface area contributed by atoms with E-state index in [4.69, 9.17) is 25.8 Å². The van der Waals surface area contributed by atoms with Crippen LogP contribution >= 0.6 is 11.6 Å². The summed E-state index contributed by atoms with van der Waals surface area (Å²) in [4.78, 5) is 59.3. The summed E-state index contributed by atoms with van der Waals surface area (Å²) in [5.74, 6) is -4.10. The number of rotatable bonds is 6. The first kappa shape index (κ1) is 32.9. The lowest BCUT2D eigenvalue weighted by Gasteiger charge is -2.36. The highest BCUT2D eigenvalue weighted by atomic mass is 35.5. The number of amides is 3. The number of hydrogen-bond acceptors (Lipinski definition) is 8. The number of nitrogens with zero attached hydrogens (tertiary/aromatic N) is 2. The number of carbonyl (C=O) groups excluding carboxylic acids is 4. The van der Waals surface area contributed by atoms with Gasteiger partial charge in [-0.2, -0.15) is 0 Å². The van der Waals surface area contributed by atoms with Gasteiger partial charge in [0.1, 0.15) is 23.7 Å². The first-order valence-electron chi connectivity index (χ1n) is 15.8. The Balaban J connectivity index is 1.47. The lowest BCUT2D eigenvalue weighted by atomic mass is 9.74. The number of allylic oxidation sites excluding steroid dienone is 1. The average molecular weight is 664 g/mol. The van der Waals surface area contributed by atoms with Crippen molar-refractivity contribution in [2.24, 2.45) is 11.8 Å². The fraction of sp³-hybridized carbons (Fsp3) is 0.429. The maximum atomic E-state index is 14.8. The number of carbonyl (C=O) groups is 4. The molecule has 0 aliphatic carbocycles. The van der Waals surface area contributed by atoms with Crippen molar-refractivity contribution in [3.63, 3.8) is 0 Å². The number of benzene rings is 2. The van der Waals surface area contributed by atoms with Crippen LogP contribution in [-0.4, -0.2) is 90.9 Å². The summed E-state index contributed by atoms with van der Waals surface area (Å²) in [5, 5.41) is 13.3. The summed E-state index contributed by atoms with van der Waals surface area (Å²) < 4.78 is 18.1. The molecule has 12 heteroatoms. The number of cyclic esters (lactones) is 1. The quantitative estimate of drug-likeness (QED) is 0.356. The minimum atomic E-state index is -1.48. The summed E-state index contributed by atoms with van der Waals surface area (Å²) in [6.07, 6.45) is 5.72. The number of methoxy groups -OCH3 is 1. The molecule has 4 heterocycles. The Morgan fingerprint density at radius 2 is 1.85 bits per heavy atom. The van der Waals surface area contributed by atoms with Crippen LogP contribution in [0.15, 0.2) is 72.8 Å². The molecule has 11 nitrogen and oxygen atoms in total. The SMILES string of the molecule is COC[C@@H]1NC(=O)CC/C=C\CN(c2c(C)cccc2Cl)C(=O)[C@H]2N(CCO)C(=O)[C@@H]3[C@@H](C(=O)O[C@H]1c1ccccc1)[C@H]1C=C[C@]32O1.